The molecule has 0 heterocycles. The van der Waals surface area contributed by atoms with Crippen molar-refractivity contribution in [1.29, 1.82) is 0 Å². The van der Waals surface area contributed by atoms with Crippen LogP contribution >= 0.6 is 0 Å². The molecule has 2 unspecified atom stereocenters. The molecule has 8 heteroatoms. The van der Waals surface area contributed by atoms with Gasteiger partial charge >= 0.3 is 17.9 Å². The van der Waals surface area contributed by atoms with Crippen LogP contribution in [0.2, 0.25) is 0 Å². The van der Waals surface area contributed by atoms with Crippen LogP contribution in [0.5, 0.6) is 0 Å². The highest BCUT2D eigenvalue weighted by Gasteiger charge is 2.31. The Morgan fingerprint density at radius 1 is 0.564 bits per heavy atom. The molecule has 0 rings (SSSR count). The number of ether oxygens (including phenoxy) is 3. The number of carbonyl (C=O) groups excluding carboxylic acids is 2. The molecule has 55 heavy (non-hydrogen) atoms. The van der Waals surface area contributed by atoms with E-state index in [1.54, 1.807) is 0 Å². The number of carboxylic acid groups (broad SMARTS) is 1. The molecule has 0 aliphatic rings. The highest BCUT2D eigenvalue weighted by atomic mass is 16.6. The summed E-state index contributed by atoms with van der Waals surface area (Å²) in [5.74, 6) is -1.53. The Bertz CT molecular complexity index is 1090. The Hall–Kier alpha value is -2.97. The normalized spacial score (nSPS) is 13.5. The van der Waals surface area contributed by atoms with Gasteiger partial charge in [0.1, 0.15) is 6.61 Å². The molecule has 8 nitrogen and oxygen atoms in total. The molecule has 0 spiro atoms. The molecule has 0 radical (unpaired) electrons. The number of allylic oxidation sites excluding steroid dienone is 10. The Labute approximate surface area is 337 Å². The summed E-state index contributed by atoms with van der Waals surface area (Å²) in [6.45, 7) is 4.53. The maximum atomic E-state index is 12.7. The fourth-order valence-corrected chi connectivity index (χ4v) is 6.10. The van der Waals surface area contributed by atoms with Gasteiger partial charge in [0.25, 0.3) is 0 Å². The molecule has 316 valence electrons. The third kappa shape index (κ3) is 36.4. The van der Waals surface area contributed by atoms with Gasteiger partial charge in [-0.25, -0.2) is 4.79 Å². The summed E-state index contributed by atoms with van der Waals surface area (Å²) >= 11 is 0. The Morgan fingerprint density at radius 2 is 1.04 bits per heavy atom. The van der Waals surface area contributed by atoms with Crippen molar-refractivity contribution in [3.8, 4) is 0 Å². The summed E-state index contributed by atoms with van der Waals surface area (Å²) in [7, 11) is 5.50. The maximum Gasteiger partial charge on any atom is 0.362 e. The minimum Gasteiger partial charge on any atom is -0.477 e. The summed E-state index contributed by atoms with van der Waals surface area (Å²) in [6, 6.07) is -0.625. The van der Waals surface area contributed by atoms with Crippen LogP contribution in [0.15, 0.2) is 60.8 Å². The van der Waals surface area contributed by atoms with E-state index in [0.717, 1.165) is 57.8 Å². The molecular formula is C47H82NO7+. The fraction of sp³-hybridized carbons (Fsp3) is 0.723. The van der Waals surface area contributed by atoms with Crippen molar-refractivity contribution in [1.82, 2.24) is 0 Å². The lowest BCUT2D eigenvalue weighted by molar-refractivity contribution is -0.887. The van der Waals surface area contributed by atoms with Gasteiger partial charge in [-0.15, -0.1) is 0 Å². The van der Waals surface area contributed by atoms with Gasteiger partial charge in [0.05, 0.1) is 34.4 Å². The van der Waals surface area contributed by atoms with Crippen molar-refractivity contribution < 1.29 is 38.2 Å². The van der Waals surface area contributed by atoms with Crippen molar-refractivity contribution in [2.75, 3.05) is 41.0 Å². The number of nitrogens with zero attached hydrogens (tertiary/aromatic N) is 1. The minimum atomic E-state index is -0.885. The molecule has 0 aliphatic heterocycles. The van der Waals surface area contributed by atoms with Crippen LogP contribution in [-0.4, -0.2) is 80.6 Å². The second-order valence-electron chi connectivity index (χ2n) is 15.7. The number of esters is 2. The predicted octanol–water partition coefficient (Wildman–Crippen LogP) is 11.8. The van der Waals surface area contributed by atoms with Gasteiger partial charge in [-0.2, -0.15) is 0 Å². The van der Waals surface area contributed by atoms with Crippen molar-refractivity contribution in [2.24, 2.45) is 0 Å². The zero-order valence-electron chi connectivity index (χ0n) is 35.9. The topological polar surface area (TPSA) is 99.1 Å². The molecule has 0 bridgehead atoms. The SMILES string of the molecule is CC/C=C/C=C/C=C/C=C/CCCCCC(=O)OC(COCCC(C(=O)O)[N+](C)(C)C)COC(=O)CCCCCCC/C=C/CCCCCCCCCCC. The first kappa shape index (κ1) is 52.0. The van der Waals surface area contributed by atoms with E-state index in [2.05, 4.69) is 38.2 Å². The molecular weight excluding hydrogens is 691 g/mol. The molecule has 0 amide bonds. The quantitative estimate of drug-likeness (QED) is 0.0219. The smallest absolute Gasteiger partial charge is 0.362 e. The van der Waals surface area contributed by atoms with Gasteiger partial charge in [-0.3, -0.25) is 9.59 Å². The number of hydrogen-bond donors (Lipinski definition) is 1. The number of carbonyl (C=O) groups is 3. The lowest BCUT2D eigenvalue weighted by Crippen LogP contribution is -2.50. The Morgan fingerprint density at radius 3 is 1.58 bits per heavy atom. The van der Waals surface area contributed by atoms with E-state index < -0.39 is 18.1 Å². The van der Waals surface area contributed by atoms with Crippen molar-refractivity contribution in [2.45, 2.75) is 180 Å². The number of unbranched alkanes of at least 4 members (excludes halogenated alkanes) is 17. The number of quaternary nitrogens is 1. The Balaban J connectivity index is 4.39. The van der Waals surface area contributed by atoms with Crippen molar-refractivity contribution in [3.63, 3.8) is 0 Å². The monoisotopic (exact) mass is 773 g/mol. The molecule has 0 saturated carbocycles. The van der Waals surface area contributed by atoms with E-state index >= 15 is 0 Å². The van der Waals surface area contributed by atoms with Crippen LogP contribution in [0.25, 0.3) is 0 Å². The van der Waals surface area contributed by atoms with Crippen molar-refractivity contribution >= 4 is 17.9 Å². The minimum absolute atomic E-state index is 0.0402. The average Bonchev–Trinajstić information content (AvgIpc) is 3.14. The van der Waals surface area contributed by atoms with E-state index in [4.69, 9.17) is 14.2 Å². The van der Waals surface area contributed by atoms with E-state index in [1.165, 1.54) is 70.6 Å². The van der Waals surface area contributed by atoms with E-state index in [9.17, 15) is 19.5 Å². The molecule has 0 aromatic carbocycles. The summed E-state index contributed by atoms with van der Waals surface area (Å²) in [5, 5.41) is 9.61. The lowest BCUT2D eigenvalue weighted by atomic mass is 10.1. The fourth-order valence-electron chi connectivity index (χ4n) is 6.10. The summed E-state index contributed by atoms with van der Waals surface area (Å²) in [6.07, 6.45) is 45.6. The lowest BCUT2D eigenvalue weighted by Gasteiger charge is -2.31. The first-order valence-electron chi connectivity index (χ1n) is 21.9. The van der Waals surface area contributed by atoms with Crippen molar-refractivity contribution in [3.05, 3.63) is 60.8 Å². The highest BCUT2D eigenvalue weighted by molar-refractivity contribution is 5.72. The molecule has 0 aromatic rings. The van der Waals surface area contributed by atoms with Crippen LogP contribution in [0, 0.1) is 0 Å². The zero-order valence-corrected chi connectivity index (χ0v) is 35.9. The molecule has 0 saturated heterocycles. The van der Waals surface area contributed by atoms with Gasteiger partial charge in [0, 0.05) is 19.3 Å². The standard InChI is InChI=1S/C47H81NO7/c1-6-8-10-12-14-16-18-20-21-22-23-24-26-27-29-31-33-35-37-45(49)54-42-43(41-53-40-39-44(47(51)52)48(3,4)5)55-46(50)38-36-34-32-30-28-25-19-17-15-13-11-9-7-2/h9,11,13,15,17,19,23-25,28,43-44H,6-8,10,12,14,16,18,20-22,26-27,29-42H2,1-5H3/p+1/b11-9+,15-13+,19-17+,24-23+,28-25+. The zero-order chi connectivity index (χ0) is 40.7. The van der Waals surface area contributed by atoms with Crippen LogP contribution < -0.4 is 0 Å². The van der Waals surface area contributed by atoms with Gasteiger partial charge in [-0.1, -0.05) is 152 Å². The van der Waals surface area contributed by atoms with Gasteiger partial charge in [0.2, 0.25) is 0 Å². The second kappa shape index (κ2) is 37.9. The van der Waals surface area contributed by atoms with Gasteiger partial charge in [-0.05, 0) is 57.8 Å². The van der Waals surface area contributed by atoms with E-state index in [0.29, 0.717) is 19.3 Å². The summed E-state index contributed by atoms with van der Waals surface area (Å²) < 4.78 is 17.2. The molecule has 1 N–H and O–H groups in total. The number of aliphatic carboxylic acids is 1. The third-order valence-electron chi connectivity index (χ3n) is 9.50. The molecule has 0 fully saturated rings. The number of carboxylic acids is 1. The largest absolute Gasteiger partial charge is 0.477 e. The average molecular weight is 773 g/mol. The third-order valence-corrected chi connectivity index (χ3v) is 9.50. The van der Waals surface area contributed by atoms with Crippen LogP contribution in [-0.2, 0) is 28.6 Å². The highest BCUT2D eigenvalue weighted by Crippen LogP contribution is 2.13. The summed E-state index contributed by atoms with van der Waals surface area (Å²) in [5.41, 5.74) is 0. The first-order chi connectivity index (χ1) is 26.6. The molecule has 0 aromatic heterocycles. The van der Waals surface area contributed by atoms with E-state index in [-0.39, 0.29) is 42.7 Å². The second-order valence-corrected chi connectivity index (χ2v) is 15.7. The molecule has 2 atom stereocenters. The molecule has 0 aliphatic carbocycles. The Kier molecular flexibility index (Phi) is 35.9. The number of likely N-dealkylation sites (N-methyl/N-ethyl adjacent to an activating group) is 1. The summed E-state index contributed by atoms with van der Waals surface area (Å²) in [4.78, 5) is 36.9. The number of rotatable bonds is 38. The van der Waals surface area contributed by atoms with Gasteiger partial charge < -0.3 is 23.8 Å². The van der Waals surface area contributed by atoms with Crippen LogP contribution in [0.3, 0.4) is 0 Å². The number of hydrogen-bond acceptors (Lipinski definition) is 6. The maximum absolute atomic E-state index is 12.7. The van der Waals surface area contributed by atoms with Crippen LogP contribution in [0.4, 0.5) is 0 Å². The van der Waals surface area contributed by atoms with Crippen LogP contribution in [0.1, 0.15) is 168 Å². The predicted molar refractivity (Wildman–Crippen MR) is 229 cm³/mol. The van der Waals surface area contributed by atoms with E-state index in [1.807, 2.05) is 57.6 Å². The first-order valence-corrected chi connectivity index (χ1v) is 21.9. The van der Waals surface area contributed by atoms with Gasteiger partial charge in [0.15, 0.2) is 12.1 Å².